The molecule has 0 aromatic heterocycles. The molecule has 0 spiro atoms. The van der Waals surface area contributed by atoms with Crippen molar-refractivity contribution in [3.05, 3.63) is 67.8 Å². The highest BCUT2D eigenvalue weighted by atomic mass is 127. The number of aryl methyl sites for hydroxylation is 1. The monoisotopic (exact) mass is 543 g/mol. The van der Waals surface area contributed by atoms with E-state index in [1.165, 1.54) is 11.8 Å². The number of carbonyl (C=O) groups excluding carboxylic acids is 1. The lowest BCUT2D eigenvalue weighted by Gasteiger charge is -2.23. The number of amides is 1. The van der Waals surface area contributed by atoms with Gasteiger partial charge < -0.3 is 4.74 Å². The van der Waals surface area contributed by atoms with Crippen molar-refractivity contribution in [3.63, 3.8) is 0 Å². The lowest BCUT2D eigenvalue weighted by Crippen LogP contribution is -2.31. The van der Waals surface area contributed by atoms with Crippen molar-refractivity contribution in [1.82, 2.24) is 4.90 Å². The van der Waals surface area contributed by atoms with E-state index in [0.717, 1.165) is 14.7 Å². The van der Waals surface area contributed by atoms with Crippen LogP contribution in [0.5, 0.6) is 0 Å². The first-order chi connectivity index (χ1) is 13.8. The molecule has 0 N–H and O–H groups in total. The van der Waals surface area contributed by atoms with Crippen molar-refractivity contribution < 1.29 is 35.9 Å². The van der Waals surface area contributed by atoms with Crippen molar-refractivity contribution in [2.45, 2.75) is 44.9 Å². The van der Waals surface area contributed by atoms with Gasteiger partial charge in [0.1, 0.15) is 6.10 Å². The quantitative estimate of drug-likeness (QED) is 0.318. The van der Waals surface area contributed by atoms with E-state index in [9.17, 15) is 31.1 Å². The zero-order valence-corrected chi connectivity index (χ0v) is 17.9. The number of alkyl halides is 6. The topological polar surface area (TPSA) is 29.5 Å². The molecule has 2 atom stereocenters. The Labute approximate surface area is 182 Å². The summed E-state index contributed by atoms with van der Waals surface area (Å²) >= 11 is 2.09. The van der Waals surface area contributed by atoms with Gasteiger partial charge in [0, 0.05) is 3.57 Å². The molecule has 1 aliphatic rings. The number of hydrogen-bond acceptors (Lipinski definition) is 2. The van der Waals surface area contributed by atoms with Gasteiger partial charge >= 0.3 is 18.4 Å². The van der Waals surface area contributed by atoms with Gasteiger partial charge in [-0.1, -0.05) is 17.7 Å². The second-order valence-corrected chi connectivity index (χ2v) is 8.27. The highest BCUT2D eigenvalue weighted by Gasteiger charge is 2.43. The summed E-state index contributed by atoms with van der Waals surface area (Å²) in [7, 11) is 0. The van der Waals surface area contributed by atoms with Gasteiger partial charge in [-0.3, -0.25) is 4.90 Å². The average molecular weight is 543 g/mol. The van der Waals surface area contributed by atoms with Crippen molar-refractivity contribution in [1.29, 1.82) is 0 Å². The maximum Gasteiger partial charge on any atom is 0.416 e. The van der Waals surface area contributed by atoms with Crippen molar-refractivity contribution in [3.8, 4) is 0 Å². The Balaban J connectivity index is 1.97. The molecule has 0 aliphatic carbocycles. The van der Waals surface area contributed by atoms with E-state index in [1.54, 1.807) is 0 Å². The minimum Gasteiger partial charge on any atom is -0.439 e. The van der Waals surface area contributed by atoms with Gasteiger partial charge in [0.25, 0.3) is 0 Å². The number of benzene rings is 2. The SMILES string of the molecule is Cc1ccc(I)c(CN2C(=O)O[C@H](c3cc(C(F)(F)F)cc(C(F)(F)F)c3)[C@@H]2C)c1. The van der Waals surface area contributed by atoms with Crippen LogP contribution >= 0.6 is 22.6 Å². The maximum absolute atomic E-state index is 13.2. The van der Waals surface area contributed by atoms with Crippen LogP contribution in [0, 0.1) is 10.5 Å². The number of cyclic esters (lactones) is 1. The molecular weight excluding hydrogens is 527 g/mol. The smallest absolute Gasteiger partial charge is 0.416 e. The molecule has 0 bridgehead atoms. The Hall–Kier alpha value is -1.98. The molecule has 10 heteroatoms. The van der Waals surface area contributed by atoms with E-state index >= 15 is 0 Å². The molecule has 0 radical (unpaired) electrons. The molecule has 0 unspecified atom stereocenters. The Bertz CT molecular complexity index is 940. The summed E-state index contributed by atoms with van der Waals surface area (Å²) in [6.45, 7) is 3.53. The van der Waals surface area contributed by atoms with E-state index < -0.39 is 41.7 Å². The number of nitrogens with zero attached hydrogens (tertiary/aromatic N) is 1. The van der Waals surface area contributed by atoms with E-state index in [-0.39, 0.29) is 18.2 Å². The standard InChI is InChI=1S/C20H16F6INO2/c1-10-3-4-16(27)13(5-10)9-28-11(2)17(30-18(28)29)12-6-14(19(21,22)23)8-15(7-12)20(24,25)26/h3-8,11,17H,9H2,1-2H3/t11-,17-/m0/s1. The van der Waals surface area contributed by atoms with Gasteiger partial charge in [-0.25, -0.2) is 4.79 Å². The molecule has 1 fully saturated rings. The molecule has 1 heterocycles. The predicted molar refractivity (Wildman–Crippen MR) is 105 cm³/mol. The fourth-order valence-corrected chi connectivity index (χ4v) is 3.82. The van der Waals surface area contributed by atoms with Crippen LogP contribution in [0.4, 0.5) is 31.1 Å². The first-order valence-electron chi connectivity index (χ1n) is 8.79. The molecule has 30 heavy (non-hydrogen) atoms. The third-order valence-electron chi connectivity index (χ3n) is 4.87. The molecule has 3 nitrogen and oxygen atoms in total. The predicted octanol–water partition coefficient (Wildman–Crippen LogP) is 6.72. The van der Waals surface area contributed by atoms with E-state index in [2.05, 4.69) is 22.6 Å². The van der Waals surface area contributed by atoms with Crippen LogP contribution < -0.4 is 0 Å². The minimum atomic E-state index is -4.97. The Morgan fingerprint density at radius 2 is 1.57 bits per heavy atom. The van der Waals surface area contributed by atoms with E-state index in [4.69, 9.17) is 4.74 Å². The number of hydrogen-bond donors (Lipinski definition) is 0. The maximum atomic E-state index is 13.2. The van der Waals surface area contributed by atoms with E-state index in [1.807, 2.05) is 25.1 Å². The summed E-state index contributed by atoms with van der Waals surface area (Å²) in [5, 5.41) is 0. The molecule has 162 valence electrons. The van der Waals surface area contributed by atoms with Crippen LogP contribution in [0.1, 0.15) is 40.8 Å². The van der Waals surface area contributed by atoms with Crippen molar-refractivity contribution >= 4 is 28.7 Å². The lowest BCUT2D eigenvalue weighted by molar-refractivity contribution is -0.143. The molecule has 3 rings (SSSR count). The third kappa shape index (κ3) is 4.68. The van der Waals surface area contributed by atoms with Gasteiger partial charge in [0.15, 0.2) is 0 Å². The van der Waals surface area contributed by atoms with Crippen LogP contribution in [0.25, 0.3) is 0 Å². The number of ether oxygens (including phenoxy) is 1. The zero-order chi connectivity index (χ0) is 22.4. The third-order valence-corrected chi connectivity index (χ3v) is 5.92. The highest BCUT2D eigenvalue weighted by molar-refractivity contribution is 14.1. The molecule has 2 aromatic carbocycles. The summed E-state index contributed by atoms with van der Waals surface area (Å²) < 4.78 is 85.0. The van der Waals surface area contributed by atoms with Crippen LogP contribution in [0.15, 0.2) is 36.4 Å². The molecule has 2 aromatic rings. The lowest BCUT2D eigenvalue weighted by atomic mass is 9.97. The average Bonchev–Trinajstić information content (AvgIpc) is 2.91. The Morgan fingerprint density at radius 3 is 2.10 bits per heavy atom. The number of rotatable bonds is 3. The molecule has 1 amide bonds. The number of halogens is 7. The molecule has 1 aliphatic heterocycles. The van der Waals surface area contributed by atoms with Crippen LogP contribution in [0.3, 0.4) is 0 Å². The number of carbonyl (C=O) groups is 1. The van der Waals surface area contributed by atoms with Gasteiger partial charge in [-0.2, -0.15) is 26.3 Å². The van der Waals surface area contributed by atoms with Crippen LogP contribution in [-0.2, 0) is 23.6 Å². The second-order valence-electron chi connectivity index (χ2n) is 7.11. The Kier molecular flexibility index (Phi) is 6.00. The summed E-state index contributed by atoms with van der Waals surface area (Å²) in [5.74, 6) is 0. The first-order valence-corrected chi connectivity index (χ1v) is 9.87. The van der Waals surface area contributed by atoms with E-state index in [0.29, 0.717) is 12.1 Å². The van der Waals surface area contributed by atoms with Crippen LogP contribution in [0.2, 0.25) is 0 Å². The van der Waals surface area contributed by atoms with Gasteiger partial charge in [-0.15, -0.1) is 0 Å². The van der Waals surface area contributed by atoms with Crippen LogP contribution in [-0.4, -0.2) is 17.0 Å². The zero-order valence-electron chi connectivity index (χ0n) is 15.7. The van der Waals surface area contributed by atoms with Crippen molar-refractivity contribution in [2.24, 2.45) is 0 Å². The molecular formula is C20H16F6INO2. The molecule has 1 saturated heterocycles. The Morgan fingerprint density at radius 1 is 1.00 bits per heavy atom. The minimum absolute atomic E-state index is 0.0534. The fraction of sp³-hybridized carbons (Fsp3) is 0.350. The summed E-state index contributed by atoms with van der Waals surface area (Å²) in [6.07, 6.45) is -12.0. The first kappa shape index (κ1) is 22.7. The summed E-state index contributed by atoms with van der Waals surface area (Å²) in [4.78, 5) is 13.7. The summed E-state index contributed by atoms with van der Waals surface area (Å²) in [6, 6.07) is 6.10. The fourth-order valence-electron chi connectivity index (χ4n) is 3.31. The molecule has 0 saturated carbocycles. The van der Waals surface area contributed by atoms with Gasteiger partial charge in [-0.05, 0) is 71.8 Å². The second kappa shape index (κ2) is 7.93. The summed E-state index contributed by atoms with van der Waals surface area (Å²) in [5.41, 5.74) is -1.47. The largest absolute Gasteiger partial charge is 0.439 e. The van der Waals surface area contributed by atoms with Gasteiger partial charge in [0.05, 0.1) is 23.7 Å². The van der Waals surface area contributed by atoms with Gasteiger partial charge in [0.2, 0.25) is 0 Å². The highest BCUT2D eigenvalue weighted by Crippen LogP contribution is 2.41. The van der Waals surface area contributed by atoms with Crippen molar-refractivity contribution in [2.75, 3.05) is 0 Å². The normalized spacial score (nSPS) is 19.9.